The van der Waals surface area contributed by atoms with Gasteiger partial charge in [-0.3, -0.25) is 14.6 Å². The normalized spacial score (nSPS) is 17.2. The van der Waals surface area contributed by atoms with Crippen molar-refractivity contribution in [2.24, 2.45) is 0 Å². The SMILES string of the molecule is COc1ccccc1C1/C(=C(\O)c2ccncc2)C(=O)C(=O)N1Cc1ccc(C(=O)O)cc1. The molecule has 33 heavy (non-hydrogen) atoms. The minimum absolute atomic E-state index is 0.0281. The van der Waals surface area contributed by atoms with Crippen molar-refractivity contribution in [2.45, 2.75) is 12.6 Å². The first-order valence-corrected chi connectivity index (χ1v) is 10.1. The average molecular weight is 444 g/mol. The molecular weight excluding hydrogens is 424 g/mol. The molecule has 0 spiro atoms. The van der Waals surface area contributed by atoms with Gasteiger partial charge in [-0.05, 0) is 35.9 Å². The Labute approximate surface area is 189 Å². The molecule has 1 unspecified atom stereocenters. The topological polar surface area (TPSA) is 117 Å². The number of carboxylic acids is 1. The lowest BCUT2D eigenvalue weighted by Crippen LogP contribution is -2.29. The number of methoxy groups -OCH3 is 1. The number of para-hydroxylation sites is 1. The van der Waals surface area contributed by atoms with Gasteiger partial charge >= 0.3 is 5.97 Å². The van der Waals surface area contributed by atoms with Crippen LogP contribution < -0.4 is 4.74 Å². The molecule has 1 amide bonds. The molecule has 2 heterocycles. The summed E-state index contributed by atoms with van der Waals surface area (Å²) in [5, 5.41) is 20.2. The molecule has 0 aliphatic carbocycles. The molecule has 0 radical (unpaired) electrons. The summed E-state index contributed by atoms with van der Waals surface area (Å²) in [6.07, 6.45) is 2.96. The molecular formula is C25H20N2O6. The summed E-state index contributed by atoms with van der Waals surface area (Å²) in [7, 11) is 1.48. The fraction of sp³-hybridized carbons (Fsp3) is 0.120. The van der Waals surface area contributed by atoms with E-state index in [0.717, 1.165) is 0 Å². The van der Waals surface area contributed by atoms with Crippen molar-refractivity contribution in [2.75, 3.05) is 7.11 Å². The van der Waals surface area contributed by atoms with Gasteiger partial charge in [0.2, 0.25) is 0 Å². The standard InChI is InChI=1S/C25H20N2O6/c1-33-19-5-3-2-4-18(19)21-20(22(28)16-10-12-26-13-11-16)23(29)24(30)27(21)14-15-6-8-17(9-7-15)25(31)32/h2-13,21,28H,14H2,1H3,(H,31,32)/b22-20+. The van der Waals surface area contributed by atoms with Gasteiger partial charge < -0.3 is 19.8 Å². The third kappa shape index (κ3) is 4.06. The van der Waals surface area contributed by atoms with Crippen LogP contribution in [0.25, 0.3) is 5.76 Å². The van der Waals surface area contributed by atoms with Crippen LogP contribution in [0.15, 0.2) is 78.6 Å². The number of aliphatic hydroxyl groups excluding tert-OH is 1. The minimum atomic E-state index is -1.06. The fourth-order valence-electron chi connectivity index (χ4n) is 3.87. The van der Waals surface area contributed by atoms with Gasteiger partial charge in [-0.25, -0.2) is 4.79 Å². The smallest absolute Gasteiger partial charge is 0.335 e. The average Bonchev–Trinajstić information content (AvgIpc) is 3.09. The number of ketones is 1. The molecule has 1 aliphatic rings. The highest BCUT2D eigenvalue weighted by Gasteiger charge is 2.47. The monoisotopic (exact) mass is 444 g/mol. The molecule has 1 saturated heterocycles. The summed E-state index contributed by atoms with van der Waals surface area (Å²) in [6.45, 7) is 0.0281. The van der Waals surface area contributed by atoms with Crippen LogP contribution in [0.5, 0.6) is 5.75 Å². The second-order valence-electron chi connectivity index (χ2n) is 7.41. The second-order valence-corrected chi connectivity index (χ2v) is 7.41. The number of pyridine rings is 1. The Balaban J connectivity index is 1.85. The summed E-state index contributed by atoms with van der Waals surface area (Å²) in [4.78, 5) is 42.6. The van der Waals surface area contributed by atoms with E-state index >= 15 is 0 Å². The van der Waals surface area contributed by atoms with Gasteiger partial charge in [-0.2, -0.15) is 0 Å². The van der Waals surface area contributed by atoms with Gasteiger partial charge in [0.05, 0.1) is 24.3 Å². The quantitative estimate of drug-likeness (QED) is 0.340. The van der Waals surface area contributed by atoms with Gasteiger partial charge in [0.15, 0.2) is 0 Å². The number of benzene rings is 2. The first-order valence-electron chi connectivity index (χ1n) is 10.1. The summed E-state index contributed by atoms with van der Waals surface area (Å²) >= 11 is 0. The van der Waals surface area contributed by atoms with Crippen molar-refractivity contribution in [1.29, 1.82) is 0 Å². The third-order valence-electron chi connectivity index (χ3n) is 5.48. The molecule has 8 nitrogen and oxygen atoms in total. The summed E-state index contributed by atoms with van der Waals surface area (Å²) < 4.78 is 5.47. The number of hydrogen-bond acceptors (Lipinski definition) is 6. The van der Waals surface area contributed by atoms with Crippen LogP contribution in [0.4, 0.5) is 0 Å². The predicted molar refractivity (Wildman–Crippen MR) is 118 cm³/mol. The maximum Gasteiger partial charge on any atom is 0.335 e. The number of nitrogens with zero attached hydrogens (tertiary/aromatic N) is 2. The lowest BCUT2D eigenvalue weighted by atomic mass is 9.94. The lowest BCUT2D eigenvalue weighted by Gasteiger charge is -2.26. The number of hydrogen-bond donors (Lipinski definition) is 2. The van der Waals surface area contributed by atoms with Crippen LogP contribution in [-0.4, -0.2) is 44.9 Å². The van der Waals surface area contributed by atoms with Crippen molar-refractivity contribution in [3.05, 3.63) is 101 Å². The van der Waals surface area contributed by atoms with Crippen molar-refractivity contribution < 1.29 is 29.3 Å². The minimum Gasteiger partial charge on any atom is -0.507 e. The molecule has 0 saturated carbocycles. The van der Waals surface area contributed by atoms with E-state index in [1.807, 2.05) is 0 Å². The van der Waals surface area contributed by atoms with Crippen LogP contribution in [0, 0.1) is 0 Å². The number of carboxylic acid groups (broad SMARTS) is 1. The number of carbonyl (C=O) groups is 3. The van der Waals surface area contributed by atoms with E-state index in [9.17, 15) is 19.5 Å². The van der Waals surface area contributed by atoms with Gasteiger partial charge in [-0.15, -0.1) is 0 Å². The lowest BCUT2D eigenvalue weighted by molar-refractivity contribution is -0.140. The van der Waals surface area contributed by atoms with Gasteiger partial charge in [0.1, 0.15) is 11.5 Å². The molecule has 4 rings (SSSR count). The molecule has 3 aromatic rings. The summed E-state index contributed by atoms with van der Waals surface area (Å²) in [5.74, 6) is -2.51. The van der Waals surface area contributed by atoms with Crippen molar-refractivity contribution in [1.82, 2.24) is 9.88 Å². The van der Waals surface area contributed by atoms with Crippen LogP contribution in [0.2, 0.25) is 0 Å². The molecule has 2 aromatic carbocycles. The number of likely N-dealkylation sites (tertiary alicyclic amines) is 1. The number of amides is 1. The van der Waals surface area contributed by atoms with Gasteiger partial charge in [0, 0.05) is 30.1 Å². The van der Waals surface area contributed by atoms with Crippen molar-refractivity contribution in [3.8, 4) is 5.75 Å². The maximum atomic E-state index is 13.1. The van der Waals surface area contributed by atoms with E-state index in [0.29, 0.717) is 22.4 Å². The Morgan fingerprint density at radius 1 is 0.970 bits per heavy atom. The third-order valence-corrected chi connectivity index (χ3v) is 5.48. The Hall–Kier alpha value is -4.46. The summed E-state index contributed by atoms with van der Waals surface area (Å²) in [6, 6.07) is 15.2. The number of Topliss-reactive ketones (excluding diaryl/α,β-unsaturated/α-hetero) is 1. The number of aromatic nitrogens is 1. The number of ether oxygens (including phenoxy) is 1. The molecule has 8 heteroatoms. The highest BCUT2D eigenvalue weighted by atomic mass is 16.5. The molecule has 1 fully saturated rings. The maximum absolute atomic E-state index is 13.1. The Morgan fingerprint density at radius 3 is 2.27 bits per heavy atom. The van der Waals surface area contributed by atoms with E-state index in [2.05, 4.69) is 4.98 Å². The largest absolute Gasteiger partial charge is 0.507 e. The van der Waals surface area contributed by atoms with E-state index in [1.54, 1.807) is 48.5 Å². The molecule has 1 aliphatic heterocycles. The highest BCUT2D eigenvalue weighted by Crippen LogP contribution is 2.43. The van der Waals surface area contributed by atoms with Gasteiger partial charge in [-0.1, -0.05) is 30.3 Å². The Kier molecular flexibility index (Phi) is 5.91. The fourth-order valence-corrected chi connectivity index (χ4v) is 3.87. The van der Waals surface area contributed by atoms with E-state index in [1.165, 1.54) is 36.5 Å². The number of aliphatic hydroxyl groups is 1. The molecule has 166 valence electrons. The van der Waals surface area contributed by atoms with E-state index in [-0.39, 0.29) is 23.4 Å². The van der Waals surface area contributed by atoms with Crippen LogP contribution in [-0.2, 0) is 16.1 Å². The van der Waals surface area contributed by atoms with Gasteiger partial charge in [0.25, 0.3) is 11.7 Å². The number of aromatic carboxylic acids is 1. The zero-order chi connectivity index (χ0) is 23.5. The van der Waals surface area contributed by atoms with Crippen LogP contribution in [0.3, 0.4) is 0 Å². The van der Waals surface area contributed by atoms with Crippen LogP contribution >= 0.6 is 0 Å². The van der Waals surface area contributed by atoms with Crippen LogP contribution in [0.1, 0.15) is 33.1 Å². The molecule has 0 bridgehead atoms. The molecule has 2 N–H and O–H groups in total. The number of rotatable bonds is 6. The Bertz CT molecular complexity index is 1250. The molecule has 1 atom stereocenters. The zero-order valence-corrected chi connectivity index (χ0v) is 17.6. The summed E-state index contributed by atoms with van der Waals surface area (Å²) in [5.41, 5.74) is 1.58. The van der Waals surface area contributed by atoms with Crippen molar-refractivity contribution >= 4 is 23.4 Å². The predicted octanol–water partition coefficient (Wildman–Crippen LogP) is 3.41. The Morgan fingerprint density at radius 2 is 1.64 bits per heavy atom. The first-order chi connectivity index (χ1) is 15.9. The van der Waals surface area contributed by atoms with E-state index in [4.69, 9.17) is 9.84 Å². The van der Waals surface area contributed by atoms with Crippen molar-refractivity contribution in [3.63, 3.8) is 0 Å². The van der Waals surface area contributed by atoms with E-state index < -0.39 is 23.7 Å². The second kappa shape index (κ2) is 8.96. The number of carbonyl (C=O) groups excluding carboxylic acids is 2. The highest BCUT2D eigenvalue weighted by molar-refractivity contribution is 6.46. The molecule has 1 aromatic heterocycles. The first kappa shape index (κ1) is 21.8. The zero-order valence-electron chi connectivity index (χ0n) is 17.6.